The van der Waals surface area contributed by atoms with Crippen molar-refractivity contribution in [3.8, 4) is 0 Å². The quantitative estimate of drug-likeness (QED) is 0.717. The van der Waals surface area contributed by atoms with E-state index in [-0.39, 0.29) is 0 Å². The van der Waals surface area contributed by atoms with Crippen molar-refractivity contribution in [2.75, 3.05) is 0 Å². The van der Waals surface area contributed by atoms with Crippen molar-refractivity contribution in [3.63, 3.8) is 0 Å². The van der Waals surface area contributed by atoms with Crippen LogP contribution in [0, 0.1) is 11.7 Å². The predicted molar refractivity (Wildman–Crippen MR) is 72.2 cm³/mol. The van der Waals surface area contributed by atoms with Gasteiger partial charge in [0.05, 0.1) is 12.0 Å². The van der Waals surface area contributed by atoms with Gasteiger partial charge >= 0.3 is 0 Å². The van der Waals surface area contributed by atoms with Crippen LogP contribution in [0.1, 0.15) is 16.8 Å². The van der Waals surface area contributed by atoms with Gasteiger partial charge in [-0.25, -0.2) is 9.97 Å². The summed E-state index contributed by atoms with van der Waals surface area (Å²) in [6.45, 7) is 2.08. The van der Waals surface area contributed by atoms with Crippen LogP contribution in [0.25, 0.3) is 5.65 Å². The van der Waals surface area contributed by atoms with Gasteiger partial charge in [-0.2, -0.15) is 0 Å². The lowest BCUT2D eigenvalue weighted by molar-refractivity contribution is 0.988. The molecule has 0 saturated carbocycles. The first-order valence-electron chi connectivity index (χ1n) is 5.69. The molecule has 3 rings (SSSR count). The van der Waals surface area contributed by atoms with Crippen molar-refractivity contribution in [2.45, 2.75) is 13.3 Å². The van der Waals surface area contributed by atoms with E-state index in [9.17, 15) is 0 Å². The van der Waals surface area contributed by atoms with Crippen molar-refractivity contribution in [1.29, 1.82) is 0 Å². The maximum Gasteiger partial charge on any atom is 0.207 e. The molecule has 2 heterocycles. The van der Waals surface area contributed by atoms with E-state index >= 15 is 0 Å². The third-order valence-corrected chi connectivity index (χ3v) is 3.22. The summed E-state index contributed by atoms with van der Waals surface area (Å²) in [6.07, 6.45) is 4.11. The fourth-order valence-corrected chi connectivity index (χ4v) is 2.11. The van der Waals surface area contributed by atoms with E-state index in [1.165, 1.54) is 11.1 Å². The normalized spacial score (nSPS) is 10.9. The highest BCUT2D eigenvalue weighted by Crippen LogP contribution is 2.13. The molecule has 0 fully saturated rings. The Morgan fingerprint density at radius 3 is 2.78 bits per heavy atom. The van der Waals surface area contributed by atoms with Crippen LogP contribution in [0.2, 0.25) is 0 Å². The van der Waals surface area contributed by atoms with Crippen LogP contribution in [0.3, 0.4) is 0 Å². The number of rotatable bonds is 2. The Hall–Kier alpha value is -2.01. The maximum absolute atomic E-state index is 5.14. The molecule has 1 aromatic carbocycles. The molecule has 90 valence electrons. The van der Waals surface area contributed by atoms with Gasteiger partial charge in [0, 0.05) is 6.42 Å². The van der Waals surface area contributed by atoms with Crippen molar-refractivity contribution < 1.29 is 0 Å². The zero-order valence-electron chi connectivity index (χ0n) is 9.92. The van der Waals surface area contributed by atoms with E-state index in [1.54, 1.807) is 17.1 Å². The maximum atomic E-state index is 5.14. The average Bonchev–Trinajstić information content (AvgIpc) is 2.77. The lowest BCUT2D eigenvalue weighted by Gasteiger charge is -2.00. The zero-order chi connectivity index (χ0) is 12.5. The molecule has 3 aromatic rings. The molecular weight excluding hydrogens is 244 g/mol. The zero-order valence-corrected chi connectivity index (χ0v) is 10.7. The highest BCUT2D eigenvalue weighted by Gasteiger charge is 2.06. The van der Waals surface area contributed by atoms with Crippen LogP contribution in [0.15, 0.2) is 36.9 Å². The number of nitrogens with one attached hydrogen (secondary N) is 1. The number of hydrogen-bond donors (Lipinski definition) is 1. The molecule has 0 unspecified atom stereocenters. The number of imidazole rings is 1. The van der Waals surface area contributed by atoms with Crippen molar-refractivity contribution in [2.24, 2.45) is 0 Å². The molecule has 4 nitrogen and oxygen atoms in total. The molecule has 0 atom stereocenters. The summed E-state index contributed by atoms with van der Waals surface area (Å²) in [4.78, 5) is 11.5. The first-order valence-corrected chi connectivity index (χ1v) is 6.10. The SMILES string of the molecule is Cc1ccc(Cc2ncn3c(=S)nc[nH]c23)cc1. The van der Waals surface area contributed by atoms with E-state index in [0.717, 1.165) is 17.8 Å². The Morgan fingerprint density at radius 1 is 1.22 bits per heavy atom. The third-order valence-electron chi connectivity index (χ3n) is 2.92. The van der Waals surface area contributed by atoms with Crippen LogP contribution in [-0.4, -0.2) is 19.4 Å². The molecule has 5 heteroatoms. The van der Waals surface area contributed by atoms with E-state index in [4.69, 9.17) is 12.2 Å². The summed E-state index contributed by atoms with van der Waals surface area (Å²) in [5.74, 6) is 0. The molecule has 1 N–H and O–H groups in total. The molecular formula is C13H12N4S. The van der Waals surface area contributed by atoms with Gasteiger partial charge in [0.15, 0.2) is 0 Å². The van der Waals surface area contributed by atoms with Crippen LogP contribution in [0.4, 0.5) is 0 Å². The van der Waals surface area contributed by atoms with E-state index in [0.29, 0.717) is 4.77 Å². The fourth-order valence-electron chi connectivity index (χ4n) is 1.92. The average molecular weight is 256 g/mol. The van der Waals surface area contributed by atoms with Gasteiger partial charge in [-0.3, -0.25) is 4.40 Å². The van der Waals surface area contributed by atoms with Gasteiger partial charge in [-0.05, 0) is 24.7 Å². The Balaban J connectivity index is 2.03. The highest BCUT2D eigenvalue weighted by molar-refractivity contribution is 7.71. The number of fused-ring (bicyclic) bond motifs is 1. The Morgan fingerprint density at radius 2 is 2.00 bits per heavy atom. The first-order chi connectivity index (χ1) is 8.74. The van der Waals surface area contributed by atoms with E-state index < -0.39 is 0 Å². The second-order valence-electron chi connectivity index (χ2n) is 4.26. The van der Waals surface area contributed by atoms with E-state index in [1.807, 2.05) is 0 Å². The Kier molecular flexibility index (Phi) is 2.68. The summed E-state index contributed by atoms with van der Waals surface area (Å²) in [7, 11) is 0. The van der Waals surface area contributed by atoms with Gasteiger partial charge < -0.3 is 4.98 Å². The van der Waals surface area contributed by atoms with Crippen LogP contribution in [0.5, 0.6) is 0 Å². The molecule has 0 aliphatic carbocycles. The number of aromatic nitrogens is 4. The van der Waals surface area contributed by atoms with Gasteiger partial charge in [0.25, 0.3) is 0 Å². The number of aromatic amines is 1. The van der Waals surface area contributed by atoms with Gasteiger partial charge in [0.1, 0.15) is 12.0 Å². The molecule has 0 bridgehead atoms. The molecule has 0 aliphatic rings. The van der Waals surface area contributed by atoms with Gasteiger partial charge in [-0.15, -0.1) is 0 Å². The minimum Gasteiger partial charge on any atom is -0.330 e. The smallest absolute Gasteiger partial charge is 0.207 e. The van der Waals surface area contributed by atoms with Crippen LogP contribution >= 0.6 is 12.2 Å². The molecule has 18 heavy (non-hydrogen) atoms. The van der Waals surface area contributed by atoms with Crippen molar-refractivity contribution >= 4 is 17.9 Å². The molecule has 2 aromatic heterocycles. The lowest BCUT2D eigenvalue weighted by atomic mass is 10.1. The Bertz CT molecular complexity index is 740. The monoisotopic (exact) mass is 256 g/mol. The summed E-state index contributed by atoms with van der Waals surface area (Å²) in [5.41, 5.74) is 4.39. The second kappa shape index (κ2) is 4.34. The predicted octanol–water partition coefficient (Wildman–Crippen LogP) is 2.69. The molecule has 0 amide bonds. The lowest BCUT2D eigenvalue weighted by Crippen LogP contribution is -1.94. The number of nitrogens with zero attached hydrogens (tertiary/aromatic N) is 3. The summed E-state index contributed by atoms with van der Waals surface area (Å²) in [6, 6.07) is 8.46. The summed E-state index contributed by atoms with van der Waals surface area (Å²) >= 11 is 5.14. The molecule has 0 spiro atoms. The van der Waals surface area contributed by atoms with Gasteiger partial charge in [0.2, 0.25) is 4.77 Å². The number of hydrogen-bond acceptors (Lipinski definition) is 3. The van der Waals surface area contributed by atoms with Crippen molar-refractivity contribution in [3.05, 3.63) is 58.5 Å². The standard InChI is InChI=1S/C13H12N4S/c1-9-2-4-10(5-3-9)6-11-12-14-7-15-13(18)17(12)8-16-11/h2-5,7-8H,6H2,1H3,(H,14,15,18). The topological polar surface area (TPSA) is 46.0 Å². The number of H-pyrrole nitrogens is 1. The van der Waals surface area contributed by atoms with E-state index in [2.05, 4.69) is 46.1 Å². The second-order valence-corrected chi connectivity index (χ2v) is 4.62. The fraction of sp³-hybridized carbons (Fsp3) is 0.154. The number of aryl methyl sites for hydroxylation is 1. The third kappa shape index (κ3) is 1.93. The largest absolute Gasteiger partial charge is 0.330 e. The van der Waals surface area contributed by atoms with Crippen molar-refractivity contribution in [1.82, 2.24) is 19.4 Å². The highest BCUT2D eigenvalue weighted by atomic mass is 32.1. The molecule has 0 aliphatic heterocycles. The molecule has 0 saturated heterocycles. The minimum atomic E-state index is 0.520. The first kappa shape index (κ1) is 11.1. The minimum absolute atomic E-state index is 0.520. The van der Waals surface area contributed by atoms with Crippen LogP contribution in [-0.2, 0) is 6.42 Å². The Labute approximate surface area is 109 Å². The van der Waals surface area contributed by atoms with Crippen LogP contribution < -0.4 is 0 Å². The molecule has 0 radical (unpaired) electrons. The van der Waals surface area contributed by atoms with Gasteiger partial charge in [-0.1, -0.05) is 29.8 Å². The summed E-state index contributed by atoms with van der Waals surface area (Å²) in [5, 5.41) is 0. The number of benzene rings is 1. The summed E-state index contributed by atoms with van der Waals surface area (Å²) < 4.78 is 2.31.